The van der Waals surface area contributed by atoms with Gasteiger partial charge in [0, 0.05) is 100 Å². The molecule has 7 aliphatic carbocycles. The Morgan fingerprint density at radius 3 is 1.26 bits per heavy atom. The molecule has 0 aromatic heterocycles. The van der Waals surface area contributed by atoms with Crippen LogP contribution in [0.3, 0.4) is 0 Å². The Kier molecular flexibility index (Phi) is 21.4. The largest absolute Gasteiger partial charge is 0.458 e. The second-order valence-electron chi connectivity index (χ2n) is 36.2. The molecule has 4 aromatic carbocycles. The maximum Gasteiger partial charge on any atom is 0.408 e. The predicted molar refractivity (Wildman–Crippen MR) is 473 cm³/mol. The zero-order chi connectivity index (χ0) is 115. The predicted octanol–water partition coefficient (Wildman–Crippen LogP) is 12.1. The van der Waals surface area contributed by atoms with Crippen LogP contribution in [0, 0.1) is 51.2 Å². The maximum absolute atomic E-state index is 15.9. The Bertz CT molecular complexity index is 5870. The number of hydrogen-bond acceptors (Lipinski definition) is 29. The van der Waals surface area contributed by atoms with Crippen molar-refractivity contribution in [3.05, 3.63) is 166 Å². The lowest BCUT2D eigenvalue weighted by Gasteiger charge is -2.68. The van der Waals surface area contributed by atoms with Crippen molar-refractivity contribution in [3.8, 4) is 0 Å². The molecule has 5 saturated carbocycles. The number of rotatable bonds is 23. The van der Waals surface area contributed by atoms with E-state index >= 15 is 19.2 Å². The molecule has 0 spiro atoms. The standard InChI is InChI=1S/C49H64N2O14.C49H64N2O13.CH4/c1-26-32(61-43(56)37(62-41(54)28(3)50-11)36(30-19-15-13-16-20-30)51-44(57)65-45(5,6)7)24-49(58)40(63-42(55)31-21-17-14-18-22-31)38-47(10,39(53)27(2)35(26)46(49,8)9)33(59-12)23-34-48(38,25-60-34)64-29(4)52;1-26-33(60-43(56)37(61-41(54)28(3)50)36(30-18-14-12-15-19-30)51-44(57)64-45(5,6)7)25-49(58)40(62-42(55)31-20-16-13-17-21-31)38-47(10,39(53)27(2)35(26)46(49,8)9)34(59-11)24-32-22-23-48(32,38)63-29(4)52;/h13-22,27-28,32-34,36-38,40,50,58H,23-25H2,1-12H3,(H,51,57);12-21,27-28,32-34,36-38,40,58H,22-25,50H2,1-11H3,(H,51,57);1H4/t27-,28?,32+,33+,34-,36+,37-,38+,40+,47-,48+,49-;27-,28?,32-,33+,34+,36+,37-,38+,40+,47-,48+,49-;/m11./s1/i5D3,6D3,7D3,12D3;5D3,6D3,7D3,11D3;. The number of benzene rings is 4. The summed E-state index contributed by atoms with van der Waals surface area (Å²) in [5.74, 6) is -17.1. The molecule has 2 unspecified atom stereocenters. The Morgan fingerprint density at radius 1 is 0.538 bits per heavy atom. The lowest BCUT2D eigenvalue weighted by Crippen LogP contribution is -2.81. The summed E-state index contributed by atoms with van der Waals surface area (Å²) in [6.45, 7) is -4.83. The molecule has 1 aliphatic heterocycles. The van der Waals surface area contributed by atoms with Gasteiger partial charge in [-0.15, -0.1) is 0 Å². The van der Waals surface area contributed by atoms with E-state index in [9.17, 15) is 48.6 Å². The zero-order valence-electron chi connectivity index (χ0n) is 98.1. The Labute approximate surface area is 794 Å². The van der Waals surface area contributed by atoms with Crippen LogP contribution in [0.4, 0.5) is 9.59 Å². The van der Waals surface area contributed by atoms with E-state index in [1.165, 1.54) is 159 Å². The minimum Gasteiger partial charge on any atom is -0.458 e. The van der Waals surface area contributed by atoms with Gasteiger partial charge in [-0.1, -0.05) is 146 Å². The molecule has 31 nitrogen and oxygen atoms in total. The van der Waals surface area contributed by atoms with Crippen molar-refractivity contribution < 1.29 is 162 Å². The number of fused-ring (bicyclic) bond motifs is 10. The van der Waals surface area contributed by atoms with Crippen LogP contribution < -0.4 is 21.7 Å². The van der Waals surface area contributed by atoms with Crippen LogP contribution >= 0.6 is 0 Å². The van der Waals surface area contributed by atoms with Gasteiger partial charge in [-0.25, -0.2) is 28.8 Å². The van der Waals surface area contributed by atoms with Crippen LogP contribution in [0.1, 0.15) is 261 Å². The third kappa shape index (κ3) is 18.8. The number of carbonyl (C=O) groups is 12. The van der Waals surface area contributed by atoms with Gasteiger partial charge in [-0.3, -0.25) is 28.8 Å². The van der Waals surface area contributed by atoms with E-state index in [4.69, 9.17) is 100 Å². The molecule has 24 atom stereocenters. The van der Waals surface area contributed by atoms with Crippen molar-refractivity contribution in [2.75, 3.05) is 27.7 Å². The van der Waals surface area contributed by atoms with Gasteiger partial charge in [0.2, 0.25) is 12.2 Å². The lowest BCUT2D eigenvalue weighted by molar-refractivity contribution is -0.346. The van der Waals surface area contributed by atoms with Crippen molar-refractivity contribution in [2.45, 2.75) is 297 Å². The van der Waals surface area contributed by atoms with Crippen LogP contribution in [0.5, 0.6) is 0 Å². The van der Waals surface area contributed by atoms with E-state index in [2.05, 4.69) is 16.0 Å². The van der Waals surface area contributed by atoms with E-state index in [1.807, 2.05) is 0 Å². The van der Waals surface area contributed by atoms with Gasteiger partial charge in [-0.05, 0) is 167 Å². The van der Waals surface area contributed by atoms with Crippen molar-refractivity contribution >= 4 is 71.5 Å². The average Bonchev–Trinajstić information content (AvgIpc) is 0.667. The van der Waals surface area contributed by atoms with Crippen LogP contribution in [0.15, 0.2) is 144 Å². The third-order valence-corrected chi connectivity index (χ3v) is 27.8. The molecule has 7 N–H and O–H groups in total. The lowest BCUT2D eigenvalue weighted by atomic mass is 9.40. The first kappa shape index (κ1) is 72.3. The van der Waals surface area contributed by atoms with E-state index in [1.54, 1.807) is 52.0 Å². The van der Waals surface area contributed by atoms with Gasteiger partial charge in [0.25, 0.3) is 0 Å². The second-order valence-corrected chi connectivity index (χ2v) is 36.2. The van der Waals surface area contributed by atoms with Crippen LogP contribution in [-0.4, -0.2) is 210 Å². The fourth-order valence-corrected chi connectivity index (χ4v) is 21.5. The number of alkyl carbamates (subject to hydrolysis) is 2. The molecule has 1 heterocycles. The Hall–Kier alpha value is -10.3. The minimum absolute atomic E-state index is 0. The number of Topliss-reactive ketones (excluding diaryl/α,β-unsaturated/α-hetero) is 2. The van der Waals surface area contributed by atoms with Gasteiger partial charge >= 0.3 is 59.9 Å². The molecule has 130 heavy (non-hydrogen) atoms. The van der Waals surface area contributed by atoms with E-state index in [0.29, 0.717) is 6.42 Å². The Balaban J connectivity index is 0.000000312. The first-order valence-corrected chi connectivity index (χ1v) is 42.2. The number of aliphatic hydroxyl groups is 2. The van der Waals surface area contributed by atoms with Crippen LogP contribution in [0.25, 0.3) is 0 Å². The summed E-state index contributed by atoms with van der Waals surface area (Å²) < 4.78 is 270. The number of ether oxygens (including phenoxy) is 13. The molecule has 2 amide bonds. The van der Waals surface area contributed by atoms with E-state index < -0.39 is 310 Å². The summed E-state index contributed by atoms with van der Waals surface area (Å²) in [7, 11) is -4.85. The van der Waals surface area contributed by atoms with Gasteiger partial charge in [-0.2, -0.15) is 0 Å². The molecule has 31 heteroatoms. The number of ketones is 2. The molecule has 6 fully saturated rings. The van der Waals surface area contributed by atoms with Crippen molar-refractivity contribution in [2.24, 2.45) is 57.0 Å². The normalized spacial score (nSPS) is 35.2. The molecular formula is C99H132N4O27. The van der Waals surface area contributed by atoms with Crippen molar-refractivity contribution in [1.29, 1.82) is 0 Å². The van der Waals surface area contributed by atoms with Gasteiger partial charge < -0.3 is 93.5 Å². The highest BCUT2D eigenvalue weighted by molar-refractivity contribution is 5.95. The molecule has 4 bridgehead atoms. The fraction of sp³-hybridized carbons (Fsp3) is 0.596. The maximum atomic E-state index is 15.9. The number of amides is 2. The summed E-state index contributed by atoms with van der Waals surface area (Å²) in [6, 6.07) is 22.2. The molecular weight excluding hydrogens is 1680 g/mol. The highest BCUT2D eigenvalue weighted by atomic mass is 16.6. The average molecular weight is 1830 g/mol. The summed E-state index contributed by atoms with van der Waals surface area (Å²) in [5, 5.41) is 34.9. The first-order chi connectivity index (χ1) is 70.0. The van der Waals surface area contributed by atoms with Gasteiger partial charge in [0.15, 0.2) is 5.60 Å². The first-order valence-electron chi connectivity index (χ1n) is 54.2. The Morgan fingerprint density at radius 2 is 0.915 bits per heavy atom. The molecule has 0 radical (unpaired) electrons. The van der Waals surface area contributed by atoms with Gasteiger partial charge in [0.1, 0.15) is 94.3 Å². The smallest absolute Gasteiger partial charge is 0.408 e. The molecule has 8 aliphatic rings. The quantitative estimate of drug-likeness (QED) is 0.0228. The number of likely N-dealkylation sites (N-methyl/N-ethyl adjacent to an activating group) is 1. The molecule has 4 aromatic rings. The molecule has 1 saturated heterocycles. The van der Waals surface area contributed by atoms with Crippen molar-refractivity contribution in [1.82, 2.24) is 16.0 Å². The highest BCUT2D eigenvalue weighted by Gasteiger charge is 2.80. The summed E-state index contributed by atoms with van der Waals surface area (Å²) in [4.78, 5) is 173. The molecule has 12 rings (SSSR count). The number of carbonyl (C=O) groups excluding carboxylic acids is 12. The monoisotopic (exact) mass is 1830 g/mol. The minimum atomic E-state index is -4.16. The number of methoxy groups -OCH3 is 2. The number of esters is 8. The SMILES string of the molecule is C.[2H]C([2H])([2H])O[C@H]1C[C@H]2CC[C@@]2(OC(C)=O)[C@H]2[C@H](OC(=O)c3ccccc3)[C@]3(O)C[C@H](OC(=O)[C@H](OC(=O)C(C)N)[C@@H](NC(=O)OC(C([2H])([2H])[2H])(C([2H])([2H])[2H])C([2H])([2H])[2H])c4ccccc4)C(C)=C([C@@H](C)C(=O)[C@]12C)C3(C)C.[2H]C([2H])([2H])O[C@H]1C[C@H]2OC[C@@]2(OC(C)=O)[C@H]2[C@H](OC(=O)c3ccccc3)[C@]3(O)C[C@H](OC(=O)[C@H](OC(=O)C(C)NC)[C@@H](NC(=O)OC(C([2H])([2H])[2H])(C([2H])([2H])[2H])C([2H])([2H])[2H])c4ccccc4)C(C)=C([C@@H](C)C(=O)[C@]12C)C3(C)C. The zero-order valence-corrected chi connectivity index (χ0v) is 74.1. The van der Waals surface area contributed by atoms with Gasteiger partial charge in [0.05, 0.1) is 60.8 Å². The number of nitrogens with two attached hydrogens (primary N) is 1. The fourth-order valence-electron chi connectivity index (χ4n) is 21.5. The number of nitrogens with one attached hydrogen (secondary N) is 3. The summed E-state index contributed by atoms with van der Waals surface area (Å²) >= 11 is 0. The number of hydrogen-bond donors (Lipinski definition) is 6. The third-order valence-electron chi connectivity index (χ3n) is 27.8. The van der Waals surface area contributed by atoms with E-state index in [-0.39, 0.29) is 71.2 Å². The van der Waals surface area contributed by atoms with Crippen LogP contribution in [0.2, 0.25) is 0 Å². The topological polar surface area (TPSA) is 427 Å². The van der Waals surface area contributed by atoms with Crippen molar-refractivity contribution in [3.63, 3.8) is 0 Å². The summed E-state index contributed by atoms with van der Waals surface area (Å²) in [6.07, 6.45) is -21.6. The highest BCUT2D eigenvalue weighted by Crippen LogP contribution is 2.70. The van der Waals surface area contributed by atoms with E-state index in [0.717, 1.165) is 13.8 Å². The summed E-state index contributed by atoms with van der Waals surface area (Å²) in [5.41, 5.74) is -18.2. The molecule has 710 valence electrons. The second kappa shape index (κ2) is 38.5. The van der Waals surface area contributed by atoms with Crippen LogP contribution in [-0.2, 0) is 99.9 Å².